The molecule has 3 aliphatic rings. The third-order valence-electron chi connectivity index (χ3n) is 5.23. The van der Waals surface area contributed by atoms with Crippen LogP contribution in [0.2, 0.25) is 0 Å². The van der Waals surface area contributed by atoms with Crippen LogP contribution in [0.4, 0.5) is 0 Å². The topological polar surface area (TPSA) is 45.6 Å². The zero-order valence-electron chi connectivity index (χ0n) is 15.1. The normalized spacial score (nSPS) is 26.8. The maximum absolute atomic E-state index is 12.7. The van der Waals surface area contributed by atoms with Gasteiger partial charge in [-0.05, 0) is 24.3 Å². The second-order valence-corrected chi connectivity index (χ2v) is 9.50. The van der Waals surface area contributed by atoms with Gasteiger partial charge in [-0.1, -0.05) is 43.9 Å². The molecule has 0 saturated carbocycles. The van der Waals surface area contributed by atoms with Crippen molar-refractivity contribution in [1.29, 1.82) is 0 Å². The molecule has 0 aliphatic carbocycles. The summed E-state index contributed by atoms with van der Waals surface area (Å²) < 4.78 is 2.59. The van der Waals surface area contributed by atoms with Crippen LogP contribution in [0, 0.1) is 11.8 Å². The van der Waals surface area contributed by atoms with Gasteiger partial charge < -0.3 is 9.47 Å². The Morgan fingerprint density at radius 1 is 1.27 bits per heavy atom. The van der Waals surface area contributed by atoms with Gasteiger partial charge in [0, 0.05) is 50.1 Å². The van der Waals surface area contributed by atoms with E-state index in [0.29, 0.717) is 28.6 Å². The first-order valence-electron chi connectivity index (χ1n) is 9.11. The Morgan fingerprint density at radius 3 is 2.85 bits per heavy atom. The maximum Gasteiger partial charge on any atom is 0.267 e. The van der Waals surface area contributed by atoms with E-state index in [9.17, 15) is 9.59 Å². The fraction of sp³-hybridized carbons (Fsp3) is 0.526. The molecule has 5 nitrogen and oxygen atoms in total. The van der Waals surface area contributed by atoms with Crippen LogP contribution in [-0.4, -0.2) is 44.2 Å². The molecule has 0 radical (unpaired) electrons. The summed E-state index contributed by atoms with van der Waals surface area (Å²) in [6.45, 7) is 7.34. The Kier molecular flexibility index (Phi) is 4.69. The van der Waals surface area contributed by atoms with Crippen molar-refractivity contribution in [1.82, 2.24) is 14.4 Å². The summed E-state index contributed by atoms with van der Waals surface area (Å²) in [7, 11) is 0. The van der Waals surface area contributed by atoms with Crippen molar-refractivity contribution < 1.29 is 4.79 Å². The number of rotatable bonds is 3. The molecule has 138 valence electrons. The van der Waals surface area contributed by atoms with E-state index < -0.39 is 0 Å². The predicted octanol–water partition coefficient (Wildman–Crippen LogP) is 2.63. The molecule has 7 heteroatoms. The zero-order valence-corrected chi connectivity index (χ0v) is 16.7. The van der Waals surface area contributed by atoms with Crippen molar-refractivity contribution in [2.24, 2.45) is 11.8 Å². The molecule has 3 aliphatic heterocycles. The molecule has 0 spiro atoms. The van der Waals surface area contributed by atoms with Gasteiger partial charge in [0.2, 0.25) is 0 Å². The molecular formula is C19H23N3O2S2. The quantitative estimate of drug-likeness (QED) is 0.587. The molecule has 2 bridgehead atoms. The smallest absolute Gasteiger partial charge is 0.267 e. The summed E-state index contributed by atoms with van der Waals surface area (Å²) in [6.07, 6.45) is 3.11. The monoisotopic (exact) mass is 389 g/mol. The Morgan fingerprint density at radius 2 is 2.08 bits per heavy atom. The molecule has 1 aromatic heterocycles. The van der Waals surface area contributed by atoms with Crippen molar-refractivity contribution in [2.75, 3.05) is 19.6 Å². The molecule has 0 N–H and O–H groups in total. The average Bonchev–Trinajstić information content (AvgIpc) is 2.83. The van der Waals surface area contributed by atoms with Crippen LogP contribution < -0.4 is 5.56 Å². The van der Waals surface area contributed by atoms with Crippen LogP contribution in [0.3, 0.4) is 0 Å². The molecule has 1 aromatic rings. The van der Waals surface area contributed by atoms with Crippen LogP contribution in [0.25, 0.3) is 0 Å². The first-order chi connectivity index (χ1) is 12.4. The molecule has 2 atom stereocenters. The van der Waals surface area contributed by atoms with E-state index in [0.717, 1.165) is 36.7 Å². The van der Waals surface area contributed by atoms with Crippen molar-refractivity contribution in [3.05, 3.63) is 45.4 Å². The lowest BCUT2D eigenvalue weighted by atomic mass is 9.83. The largest absolute Gasteiger partial charge is 0.375 e. The van der Waals surface area contributed by atoms with Gasteiger partial charge in [0.1, 0.15) is 4.32 Å². The van der Waals surface area contributed by atoms with E-state index in [1.807, 2.05) is 16.8 Å². The van der Waals surface area contributed by atoms with Gasteiger partial charge >= 0.3 is 0 Å². The Bertz CT molecular complexity index is 845. The summed E-state index contributed by atoms with van der Waals surface area (Å²) in [4.78, 5) is 29.5. The van der Waals surface area contributed by atoms with Crippen LogP contribution in [-0.2, 0) is 11.3 Å². The molecule has 0 aromatic carbocycles. The summed E-state index contributed by atoms with van der Waals surface area (Å²) in [5, 5.41) is 0. The lowest BCUT2D eigenvalue weighted by Crippen LogP contribution is -2.45. The lowest BCUT2D eigenvalue weighted by Gasteiger charge is -2.42. The number of carbonyl (C=O) groups excluding carboxylic acids is 1. The number of carbonyl (C=O) groups is 1. The number of hydrogen-bond acceptors (Lipinski definition) is 5. The minimum atomic E-state index is 0.0288. The van der Waals surface area contributed by atoms with E-state index >= 15 is 0 Å². The van der Waals surface area contributed by atoms with Gasteiger partial charge in [0.05, 0.1) is 4.91 Å². The highest BCUT2D eigenvalue weighted by atomic mass is 32.2. The van der Waals surface area contributed by atoms with Gasteiger partial charge in [0.15, 0.2) is 0 Å². The second-order valence-electron chi connectivity index (χ2n) is 7.82. The number of hydrogen-bond donors (Lipinski definition) is 0. The molecular weight excluding hydrogens is 366 g/mol. The van der Waals surface area contributed by atoms with Crippen molar-refractivity contribution >= 4 is 34.2 Å². The molecule has 4 rings (SSSR count). The van der Waals surface area contributed by atoms with Gasteiger partial charge in [-0.25, -0.2) is 0 Å². The minimum absolute atomic E-state index is 0.0288. The van der Waals surface area contributed by atoms with Gasteiger partial charge in [0.25, 0.3) is 11.5 Å². The lowest BCUT2D eigenvalue weighted by molar-refractivity contribution is -0.122. The van der Waals surface area contributed by atoms with Crippen molar-refractivity contribution in [2.45, 2.75) is 32.7 Å². The van der Waals surface area contributed by atoms with E-state index in [1.54, 1.807) is 11.0 Å². The third-order valence-corrected chi connectivity index (χ3v) is 6.59. The van der Waals surface area contributed by atoms with E-state index in [4.69, 9.17) is 12.2 Å². The first-order valence-corrected chi connectivity index (χ1v) is 10.3. The number of piperidine rings is 1. The summed E-state index contributed by atoms with van der Waals surface area (Å²) in [5.41, 5.74) is 1.22. The standard InChI is InChI=1S/C19H23N3O2S2/c1-12(2)7-22-18(24)16(26-19(22)25)11-20-8-13-6-14(10-20)15-4-3-5-17(23)21(15)9-13/h3-5,11-14H,6-10H2,1-2H3. The van der Waals surface area contributed by atoms with Crippen LogP contribution in [0.15, 0.2) is 34.1 Å². The fourth-order valence-electron chi connectivity index (χ4n) is 4.22. The van der Waals surface area contributed by atoms with E-state index in [1.165, 1.54) is 11.8 Å². The Labute approximate surface area is 163 Å². The molecule has 1 amide bonds. The number of pyridine rings is 1. The van der Waals surface area contributed by atoms with Gasteiger partial charge in [-0.15, -0.1) is 0 Å². The van der Waals surface area contributed by atoms with E-state index in [-0.39, 0.29) is 11.5 Å². The minimum Gasteiger partial charge on any atom is -0.375 e. The van der Waals surface area contributed by atoms with Crippen molar-refractivity contribution in [3.8, 4) is 0 Å². The molecule has 2 fully saturated rings. The SMILES string of the molecule is CC(C)CN1C(=O)C(=CN2CC3CC(C2)c2cccc(=O)n2C3)SC1=S. The number of aromatic nitrogens is 1. The summed E-state index contributed by atoms with van der Waals surface area (Å²) in [6, 6.07) is 5.56. The molecule has 2 saturated heterocycles. The highest BCUT2D eigenvalue weighted by Gasteiger charge is 2.36. The highest BCUT2D eigenvalue weighted by molar-refractivity contribution is 8.26. The van der Waals surface area contributed by atoms with Crippen LogP contribution in [0.5, 0.6) is 0 Å². The van der Waals surface area contributed by atoms with Gasteiger partial charge in [-0.3, -0.25) is 14.5 Å². The number of amides is 1. The number of nitrogens with zero attached hydrogens (tertiary/aromatic N) is 3. The molecule has 4 heterocycles. The van der Waals surface area contributed by atoms with Crippen LogP contribution in [0.1, 0.15) is 31.9 Å². The Hall–Kier alpha value is -1.60. The maximum atomic E-state index is 12.7. The highest BCUT2D eigenvalue weighted by Crippen LogP contribution is 2.37. The molecule has 26 heavy (non-hydrogen) atoms. The number of likely N-dealkylation sites (tertiary alicyclic amines) is 1. The number of thioether (sulfide) groups is 1. The number of fused-ring (bicyclic) bond motifs is 4. The number of thiocarbonyl (C=S) groups is 1. The third kappa shape index (κ3) is 3.22. The van der Waals surface area contributed by atoms with Gasteiger partial charge in [-0.2, -0.15) is 0 Å². The summed E-state index contributed by atoms with van der Waals surface area (Å²) >= 11 is 6.80. The predicted molar refractivity (Wildman–Crippen MR) is 108 cm³/mol. The first kappa shape index (κ1) is 17.8. The van der Waals surface area contributed by atoms with E-state index in [2.05, 4.69) is 24.8 Å². The van der Waals surface area contributed by atoms with Crippen LogP contribution >= 0.6 is 24.0 Å². The second kappa shape index (κ2) is 6.85. The summed E-state index contributed by atoms with van der Waals surface area (Å²) in [5.74, 6) is 1.20. The zero-order chi connectivity index (χ0) is 18.4. The Balaban J connectivity index is 1.54. The fourth-order valence-corrected chi connectivity index (χ4v) is 5.50. The molecule has 2 unspecified atom stereocenters. The van der Waals surface area contributed by atoms with Crippen molar-refractivity contribution in [3.63, 3.8) is 0 Å². The average molecular weight is 390 g/mol.